The molecule has 3 fully saturated rings. The maximum Gasteiger partial charge on any atom is 0.251 e. The largest absolute Gasteiger partial charge is 0.379 e. The van der Waals surface area contributed by atoms with E-state index in [-0.39, 0.29) is 42.0 Å². The number of morpholine rings is 1. The molecule has 3 heterocycles. The third-order valence-electron chi connectivity index (χ3n) is 6.67. The smallest absolute Gasteiger partial charge is 0.251 e. The van der Waals surface area contributed by atoms with Gasteiger partial charge in [0.25, 0.3) is 5.91 Å². The second-order valence-electron chi connectivity index (χ2n) is 8.82. The Morgan fingerprint density at radius 1 is 1.12 bits per heavy atom. The molecule has 8 nitrogen and oxygen atoms in total. The first-order valence-corrected chi connectivity index (χ1v) is 11.9. The fourth-order valence-electron chi connectivity index (χ4n) is 4.86. The zero-order chi connectivity index (χ0) is 22.3. The number of guanidine groups is 1. The molecule has 0 spiro atoms. The average molecular weight is 572 g/mol. The van der Waals surface area contributed by atoms with Gasteiger partial charge in [0.05, 0.1) is 19.3 Å². The lowest BCUT2D eigenvalue weighted by Crippen LogP contribution is -2.56. The van der Waals surface area contributed by atoms with E-state index in [1.807, 2.05) is 11.9 Å². The van der Waals surface area contributed by atoms with Crippen molar-refractivity contribution in [1.29, 1.82) is 0 Å². The molecule has 3 aliphatic heterocycles. The summed E-state index contributed by atoms with van der Waals surface area (Å²) in [5.74, 6) is 1.05. The minimum atomic E-state index is -0.234. The van der Waals surface area contributed by atoms with Gasteiger partial charge in [-0.05, 0) is 25.3 Å². The monoisotopic (exact) mass is 571 g/mol. The molecule has 1 amide bonds. The molecule has 2 atom stereocenters. The number of carbonyl (C=O) groups excluding carboxylic acids is 1. The first kappa shape index (κ1) is 26.2. The summed E-state index contributed by atoms with van der Waals surface area (Å²) in [4.78, 5) is 23.9. The van der Waals surface area contributed by atoms with Gasteiger partial charge in [-0.1, -0.05) is 29.8 Å². The summed E-state index contributed by atoms with van der Waals surface area (Å²) in [5.41, 5.74) is 2.60. The molecule has 1 aromatic rings. The third-order valence-corrected chi connectivity index (χ3v) is 6.67. The van der Waals surface area contributed by atoms with Gasteiger partial charge in [0.2, 0.25) is 0 Å². The summed E-state index contributed by atoms with van der Waals surface area (Å²) in [7, 11) is 1.84. The number of hydrogen-bond donors (Lipinski definition) is 1. The van der Waals surface area contributed by atoms with Gasteiger partial charge in [0, 0.05) is 59.5 Å². The number of hydrogen-bond acceptors (Lipinski definition) is 5. The average Bonchev–Trinajstić information content (AvgIpc) is 3.37. The molecule has 0 radical (unpaired) electrons. The summed E-state index contributed by atoms with van der Waals surface area (Å²) in [6.07, 6.45) is 1.60. The number of carbonyl (C=O) groups is 1. The summed E-state index contributed by atoms with van der Waals surface area (Å²) in [6.45, 7) is 10.0. The molecule has 2 unspecified atom stereocenters. The first-order valence-electron chi connectivity index (χ1n) is 11.9. The van der Waals surface area contributed by atoms with Gasteiger partial charge in [-0.25, -0.2) is 0 Å². The van der Waals surface area contributed by atoms with Gasteiger partial charge < -0.3 is 24.6 Å². The lowest BCUT2D eigenvalue weighted by molar-refractivity contribution is -0.142. The number of amides is 1. The van der Waals surface area contributed by atoms with Crippen molar-refractivity contribution in [2.45, 2.75) is 31.9 Å². The van der Waals surface area contributed by atoms with Gasteiger partial charge in [-0.3, -0.25) is 14.7 Å². The van der Waals surface area contributed by atoms with Crippen LogP contribution in [0.5, 0.6) is 0 Å². The molecular weight excluding hydrogens is 533 g/mol. The van der Waals surface area contributed by atoms with Crippen molar-refractivity contribution in [3.63, 3.8) is 0 Å². The van der Waals surface area contributed by atoms with E-state index in [0.717, 1.165) is 64.7 Å². The van der Waals surface area contributed by atoms with Crippen molar-refractivity contribution < 1.29 is 14.3 Å². The number of benzene rings is 1. The number of rotatable bonds is 5. The van der Waals surface area contributed by atoms with E-state index in [1.54, 1.807) is 0 Å². The highest BCUT2D eigenvalue weighted by molar-refractivity contribution is 14.0. The maximum absolute atomic E-state index is 12.6. The highest BCUT2D eigenvalue weighted by atomic mass is 127. The van der Waals surface area contributed by atoms with Crippen molar-refractivity contribution in [2.75, 3.05) is 72.7 Å². The predicted octanol–water partition coefficient (Wildman–Crippen LogP) is 1.88. The molecule has 4 rings (SSSR count). The molecule has 0 aliphatic carbocycles. The van der Waals surface area contributed by atoms with E-state index < -0.39 is 0 Å². The zero-order valence-electron chi connectivity index (χ0n) is 19.9. The number of piperazine rings is 1. The van der Waals surface area contributed by atoms with Gasteiger partial charge in [-0.2, -0.15) is 0 Å². The fourth-order valence-corrected chi connectivity index (χ4v) is 4.86. The Morgan fingerprint density at radius 3 is 2.48 bits per heavy atom. The Labute approximate surface area is 214 Å². The zero-order valence-corrected chi connectivity index (χ0v) is 22.2. The van der Waals surface area contributed by atoms with Crippen molar-refractivity contribution in [3.05, 3.63) is 35.4 Å². The SMILES string of the molecule is CN=C(NCC(c1cccc(C)c1)N1CCOCC1)N1CCN(C(=O)C2CCCO2)CC1.I. The second-order valence-corrected chi connectivity index (χ2v) is 8.82. The van der Waals surface area contributed by atoms with E-state index in [0.29, 0.717) is 19.7 Å². The van der Waals surface area contributed by atoms with Crippen LogP contribution in [-0.2, 0) is 14.3 Å². The summed E-state index contributed by atoms with van der Waals surface area (Å²) >= 11 is 0. The minimum absolute atomic E-state index is 0. The van der Waals surface area contributed by atoms with Crippen LogP contribution >= 0.6 is 24.0 Å². The highest BCUT2D eigenvalue weighted by Gasteiger charge is 2.31. The number of nitrogens with one attached hydrogen (secondary N) is 1. The van der Waals surface area contributed by atoms with Gasteiger partial charge in [0.1, 0.15) is 6.10 Å². The van der Waals surface area contributed by atoms with Crippen LogP contribution in [0.15, 0.2) is 29.3 Å². The van der Waals surface area contributed by atoms with Crippen LogP contribution < -0.4 is 5.32 Å². The lowest BCUT2D eigenvalue weighted by Gasteiger charge is -2.39. The van der Waals surface area contributed by atoms with E-state index in [9.17, 15) is 4.79 Å². The molecule has 3 aliphatic rings. The predicted molar refractivity (Wildman–Crippen MR) is 140 cm³/mol. The molecule has 9 heteroatoms. The maximum atomic E-state index is 12.6. The topological polar surface area (TPSA) is 69.6 Å². The van der Waals surface area contributed by atoms with Crippen LogP contribution in [0, 0.1) is 6.92 Å². The van der Waals surface area contributed by atoms with Crippen LogP contribution in [0.3, 0.4) is 0 Å². The Morgan fingerprint density at radius 2 is 1.85 bits per heavy atom. The number of aryl methyl sites for hydroxylation is 1. The minimum Gasteiger partial charge on any atom is -0.379 e. The highest BCUT2D eigenvalue weighted by Crippen LogP contribution is 2.22. The van der Waals surface area contributed by atoms with Crippen LogP contribution in [0.25, 0.3) is 0 Å². The molecule has 0 aromatic heterocycles. The molecule has 0 saturated carbocycles. The van der Waals surface area contributed by atoms with Crippen molar-refractivity contribution in [1.82, 2.24) is 20.0 Å². The number of aliphatic imine (C=N–C) groups is 1. The van der Waals surface area contributed by atoms with Crippen molar-refractivity contribution in [3.8, 4) is 0 Å². The molecule has 1 aromatic carbocycles. The molecule has 0 bridgehead atoms. The Hall–Kier alpha value is -1.43. The summed E-state index contributed by atoms with van der Waals surface area (Å²) < 4.78 is 11.2. The standard InChI is InChI=1S/C24H37N5O3.HI/c1-19-5-3-6-20(17-19)21(27-12-15-31-16-13-27)18-26-24(25-2)29-10-8-28(9-11-29)23(30)22-7-4-14-32-22;/h3,5-6,17,21-22H,4,7-16,18H2,1-2H3,(H,25,26);1H. The number of ether oxygens (including phenoxy) is 2. The molecule has 184 valence electrons. The normalized spacial score (nSPS) is 23.2. The fraction of sp³-hybridized carbons (Fsp3) is 0.667. The Balaban J connectivity index is 0.00000306. The van der Waals surface area contributed by atoms with E-state index >= 15 is 0 Å². The summed E-state index contributed by atoms with van der Waals surface area (Å²) in [5, 5.41) is 3.62. The number of halogens is 1. The lowest BCUT2D eigenvalue weighted by atomic mass is 10.0. The van der Waals surface area contributed by atoms with Crippen molar-refractivity contribution in [2.24, 2.45) is 4.99 Å². The summed E-state index contributed by atoms with van der Waals surface area (Å²) in [6, 6.07) is 9.03. The van der Waals surface area contributed by atoms with Crippen LogP contribution in [0.2, 0.25) is 0 Å². The first-order chi connectivity index (χ1) is 15.7. The van der Waals surface area contributed by atoms with E-state index in [4.69, 9.17) is 9.47 Å². The van der Waals surface area contributed by atoms with Crippen molar-refractivity contribution >= 4 is 35.8 Å². The molecule has 3 saturated heterocycles. The van der Waals surface area contributed by atoms with E-state index in [2.05, 4.69) is 51.3 Å². The van der Waals surface area contributed by atoms with E-state index in [1.165, 1.54) is 11.1 Å². The van der Waals surface area contributed by atoms with Gasteiger partial charge in [-0.15, -0.1) is 24.0 Å². The molecular formula is C24H38IN5O3. The van der Waals surface area contributed by atoms with Gasteiger partial charge in [0.15, 0.2) is 5.96 Å². The van der Waals surface area contributed by atoms with Gasteiger partial charge >= 0.3 is 0 Å². The Bertz CT molecular complexity index is 788. The molecule has 1 N–H and O–H groups in total. The van der Waals surface area contributed by atoms with Crippen LogP contribution in [0.4, 0.5) is 0 Å². The second kappa shape index (κ2) is 12.9. The Kier molecular flexibility index (Phi) is 10.2. The third kappa shape index (κ3) is 6.80. The number of nitrogens with zero attached hydrogens (tertiary/aromatic N) is 4. The quantitative estimate of drug-likeness (QED) is 0.331. The van der Waals surface area contributed by atoms with Crippen LogP contribution in [0.1, 0.15) is 30.0 Å². The van der Waals surface area contributed by atoms with Crippen LogP contribution in [-0.4, -0.2) is 105 Å². The molecule has 33 heavy (non-hydrogen) atoms.